The van der Waals surface area contributed by atoms with Crippen molar-refractivity contribution in [2.24, 2.45) is 5.92 Å². The van der Waals surface area contributed by atoms with E-state index < -0.39 is 6.43 Å². The van der Waals surface area contributed by atoms with Crippen molar-refractivity contribution in [2.75, 3.05) is 26.8 Å². The molecule has 1 amide bonds. The number of Topliss-reactive ketones (excluding diaryl/α,β-unsaturated/α-hetero) is 1. The summed E-state index contributed by atoms with van der Waals surface area (Å²) in [4.78, 5) is 27.1. The minimum Gasteiger partial charge on any atom is -0.385 e. The average molecular weight is 484 g/mol. The summed E-state index contributed by atoms with van der Waals surface area (Å²) in [5, 5.41) is 5.70. The van der Waals surface area contributed by atoms with Crippen LogP contribution in [0.4, 0.5) is 8.78 Å². The predicted octanol–water partition coefficient (Wildman–Crippen LogP) is 5.44. The third-order valence-corrected chi connectivity index (χ3v) is 6.82. The Morgan fingerprint density at radius 2 is 1.83 bits per heavy atom. The molecule has 35 heavy (non-hydrogen) atoms. The highest BCUT2D eigenvalue weighted by molar-refractivity contribution is 6.01. The van der Waals surface area contributed by atoms with Crippen LogP contribution in [0.1, 0.15) is 64.0 Å². The number of carbonyl (C=O) groups excluding carboxylic acids is 2. The number of piperidine rings is 1. The molecule has 0 radical (unpaired) electrons. The number of carbonyl (C=O) groups is 2. The summed E-state index contributed by atoms with van der Waals surface area (Å²) in [6, 6.07) is 9.35. The molecule has 0 saturated carbocycles. The van der Waals surface area contributed by atoms with Gasteiger partial charge in [0.2, 0.25) is 0 Å². The zero-order chi connectivity index (χ0) is 24.9. The fourth-order valence-electron chi connectivity index (χ4n) is 4.72. The van der Waals surface area contributed by atoms with E-state index in [2.05, 4.69) is 0 Å². The quantitative estimate of drug-likeness (QED) is 0.300. The molecule has 186 valence electrons. The Morgan fingerprint density at radius 3 is 2.49 bits per heavy atom. The Bertz CT molecular complexity index is 1180. The molecule has 8 heteroatoms. The third-order valence-electron chi connectivity index (χ3n) is 6.82. The fraction of sp³-hybridized carbons (Fsp3) is 0.444. The molecular weight excluding hydrogens is 452 g/mol. The largest absolute Gasteiger partial charge is 0.385 e. The monoisotopic (exact) mass is 483 g/mol. The van der Waals surface area contributed by atoms with Crippen molar-refractivity contribution in [2.45, 2.75) is 45.6 Å². The van der Waals surface area contributed by atoms with Crippen LogP contribution in [-0.2, 0) is 11.3 Å². The van der Waals surface area contributed by atoms with Gasteiger partial charge in [-0.25, -0.2) is 8.78 Å². The first-order chi connectivity index (χ1) is 16.9. The van der Waals surface area contributed by atoms with E-state index in [1.54, 1.807) is 12.0 Å². The summed E-state index contributed by atoms with van der Waals surface area (Å²) in [7, 11) is 1.63. The minimum atomic E-state index is -2.54. The molecule has 2 heterocycles. The van der Waals surface area contributed by atoms with Gasteiger partial charge < -0.3 is 9.64 Å². The van der Waals surface area contributed by atoms with Gasteiger partial charge in [0.15, 0.2) is 5.78 Å². The Kier molecular flexibility index (Phi) is 7.90. The fourth-order valence-corrected chi connectivity index (χ4v) is 4.72. The number of nitrogens with zero attached hydrogens (tertiary/aromatic N) is 3. The summed E-state index contributed by atoms with van der Waals surface area (Å²) in [6.07, 6.45) is 2.33. The molecule has 0 bridgehead atoms. The molecule has 0 aliphatic carbocycles. The molecule has 1 aliphatic rings. The smallest absolute Gasteiger partial charge is 0.263 e. The van der Waals surface area contributed by atoms with Crippen LogP contribution in [0.3, 0.4) is 0 Å². The number of alkyl halides is 2. The number of amides is 1. The van der Waals surface area contributed by atoms with E-state index in [9.17, 15) is 18.4 Å². The van der Waals surface area contributed by atoms with Crippen LogP contribution < -0.4 is 0 Å². The van der Waals surface area contributed by atoms with Crippen molar-refractivity contribution in [1.82, 2.24) is 14.7 Å². The molecular formula is C27H31F2N3O3. The van der Waals surface area contributed by atoms with Crippen molar-refractivity contribution < 1.29 is 23.1 Å². The normalized spacial score (nSPS) is 14.7. The van der Waals surface area contributed by atoms with Crippen molar-refractivity contribution in [3.05, 3.63) is 64.8 Å². The number of methoxy groups -OCH3 is 1. The van der Waals surface area contributed by atoms with E-state index in [4.69, 9.17) is 9.84 Å². The van der Waals surface area contributed by atoms with E-state index in [-0.39, 0.29) is 17.3 Å². The van der Waals surface area contributed by atoms with Crippen LogP contribution in [0.5, 0.6) is 0 Å². The van der Waals surface area contributed by atoms with Crippen LogP contribution >= 0.6 is 0 Å². The standard InChI is InChI=1S/C27H31F2N3O3/c1-18-22(25(33)4-3-15-35-2)9-10-24-23(18)17-32(30-24)16-19-11-13-31(14-12-19)27(34)21-7-5-20(6-8-21)26(28)29/h5-10,17,19,26H,3-4,11-16H2,1-2H3. The first-order valence-corrected chi connectivity index (χ1v) is 12.0. The molecule has 1 aromatic heterocycles. The summed E-state index contributed by atoms with van der Waals surface area (Å²) >= 11 is 0. The van der Waals surface area contributed by atoms with Crippen LogP contribution in [0.25, 0.3) is 10.9 Å². The summed E-state index contributed by atoms with van der Waals surface area (Å²) in [5.41, 5.74) is 2.92. The number of hydrogen-bond acceptors (Lipinski definition) is 4. The van der Waals surface area contributed by atoms with Gasteiger partial charge in [-0.15, -0.1) is 0 Å². The maximum Gasteiger partial charge on any atom is 0.263 e. The van der Waals surface area contributed by atoms with Gasteiger partial charge in [-0.05, 0) is 61.9 Å². The number of ketones is 1. The van der Waals surface area contributed by atoms with Gasteiger partial charge in [-0.3, -0.25) is 14.3 Å². The van der Waals surface area contributed by atoms with Gasteiger partial charge in [-0.2, -0.15) is 5.10 Å². The molecule has 0 unspecified atom stereocenters. The number of hydrogen-bond donors (Lipinski definition) is 0. The molecule has 1 saturated heterocycles. The van der Waals surface area contributed by atoms with E-state index in [0.717, 1.165) is 41.4 Å². The second-order valence-corrected chi connectivity index (χ2v) is 9.20. The highest BCUT2D eigenvalue weighted by Gasteiger charge is 2.25. The molecule has 3 aromatic rings. The van der Waals surface area contributed by atoms with Gasteiger partial charge >= 0.3 is 0 Å². The Morgan fingerprint density at radius 1 is 1.11 bits per heavy atom. The van der Waals surface area contributed by atoms with Gasteiger partial charge in [0, 0.05) is 68.0 Å². The number of aromatic nitrogens is 2. The van der Waals surface area contributed by atoms with Crippen molar-refractivity contribution in [3.8, 4) is 0 Å². The minimum absolute atomic E-state index is 0.0790. The maximum absolute atomic E-state index is 12.8. The molecule has 4 rings (SSSR count). The van der Waals surface area contributed by atoms with Crippen LogP contribution in [-0.4, -0.2) is 53.2 Å². The number of rotatable bonds is 9. The summed E-state index contributed by atoms with van der Waals surface area (Å²) in [6.45, 7) is 4.53. The number of aryl methyl sites for hydroxylation is 1. The van der Waals surface area contributed by atoms with Crippen molar-refractivity contribution in [3.63, 3.8) is 0 Å². The van der Waals surface area contributed by atoms with E-state index in [1.165, 1.54) is 24.3 Å². The lowest BCUT2D eigenvalue weighted by atomic mass is 9.96. The molecule has 0 spiro atoms. The first kappa shape index (κ1) is 25.0. The van der Waals surface area contributed by atoms with Crippen molar-refractivity contribution >= 4 is 22.6 Å². The molecule has 0 atom stereocenters. The topological polar surface area (TPSA) is 64.4 Å². The molecule has 1 aliphatic heterocycles. The average Bonchev–Trinajstić information content (AvgIpc) is 3.28. The van der Waals surface area contributed by atoms with Gasteiger partial charge in [-0.1, -0.05) is 12.1 Å². The molecule has 2 aromatic carbocycles. The number of halogens is 2. The number of ether oxygens (including phenoxy) is 1. The van der Waals surface area contributed by atoms with E-state index in [1.807, 2.05) is 29.9 Å². The van der Waals surface area contributed by atoms with Gasteiger partial charge in [0.25, 0.3) is 12.3 Å². The van der Waals surface area contributed by atoms with Crippen molar-refractivity contribution in [1.29, 1.82) is 0 Å². The molecule has 0 N–H and O–H groups in total. The zero-order valence-corrected chi connectivity index (χ0v) is 20.2. The third kappa shape index (κ3) is 5.75. The lowest BCUT2D eigenvalue weighted by Crippen LogP contribution is -2.39. The number of likely N-dealkylation sites (tertiary alicyclic amines) is 1. The molecule has 1 fully saturated rings. The number of benzene rings is 2. The summed E-state index contributed by atoms with van der Waals surface area (Å²) in [5.74, 6) is 0.382. The lowest BCUT2D eigenvalue weighted by molar-refractivity contribution is 0.0681. The lowest BCUT2D eigenvalue weighted by Gasteiger charge is -2.32. The van der Waals surface area contributed by atoms with Crippen LogP contribution in [0.15, 0.2) is 42.6 Å². The Hall–Kier alpha value is -3.13. The summed E-state index contributed by atoms with van der Waals surface area (Å²) < 4.78 is 32.5. The number of fused-ring (bicyclic) bond motifs is 1. The van der Waals surface area contributed by atoms with Crippen LogP contribution in [0.2, 0.25) is 0 Å². The first-order valence-electron chi connectivity index (χ1n) is 12.0. The SMILES string of the molecule is COCCCC(=O)c1ccc2nn(CC3CCN(C(=O)c4ccc(C(F)F)cc4)CC3)cc2c1C. The van der Waals surface area contributed by atoms with Gasteiger partial charge in [0.1, 0.15) is 0 Å². The van der Waals surface area contributed by atoms with E-state index >= 15 is 0 Å². The van der Waals surface area contributed by atoms with Crippen LogP contribution in [0, 0.1) is 12.8 Å². The predicted molar refractivity (Wildman–Crippen MR) is 130 cm³/mol. The zero-order valence-electron chi connectivity index (χ0n) is 20.2. The maximum atomic E-state index is 12.8. The van der Waals surface area contributed by atoms with Gasteiger partial charge in [0.05, 0.1) is 5.52 Å². The Labute approximate surface area is 203 Å². The second kappa shape index (κ2) is 11.1. The molecule has 6 nitrogen and oxygen atoms in total. The second-order valence-electron chi connectivity index (χ2n) is 9.20. The van der Waals surface area contributed by atoms with E-state index in [0.29, 0.717) is 44.0 Å². The highest BCUT2D eigenvalue weighted by Crippen LogP contribution is 2.26. The Balaban J connectivity index is 1.36. The highest BCUT2D eigenvalue weighted by atomic mass is 19.3.